The minimum absolute atomic E-state index is 0.0386. The molecule has 0 aromatic heterocycles. The molecule has 0 saturated carbocycles. The predicted octanol–water partition coefficient (Wildman–Crippen LogP) is 2.03. The van der Waals surface area contributed by atoms with Gasteiger partial charge in [0, 0.05) is 19.2 Å². The Hall–Kier alpha value is -1.98. The Kier molecular flexibility index (Phi) is 2.53. The summed E-state index contributed by atoms with van der Waals surface area (Å²) in [7, 11) is 1.61. The summed E-state index contributed by atoms with van der Waals surface area (Å²) in [6, 6.07) is 3.87. The molecule has 1 aromatic rings. The SMILES string of the molecule is CNc1ccc([N+](=O)[O-])cc1N=O. The van der Waals surface area contributed by atoms with Gasteiger partial charge in [0.25, 0.3) is 5.69 Å². The summed E-state index contributed by atoms with van der Waals surface area (Å²) in [5, 5.41) is 15.7. The molecule has 1 rings (SSSR count). The van der Waals surface area contributed by atoms with Crippen molar-refractivity contribution in [2.24, 2.45) is 5.18 Å². The summed E-state index contributed by atoms with van der Waals surface area (Å²) in [4.78, 5) is 20.0. The quantitative estimate of drug-likeness (QED) is 0.439. The van der Waals surface area contributed by atoms with Crippen molar-refractivity contribution in [3.63, 3.8) is 0 Å². The van der Waals surface area contributed by atoms with Crippen LogP contribution in [0.1, 0.15) is 0 Å². The fourth-order valence-electron chi connectivity index (χ4n) is 0.921. The monoisotopic (exact) mass is 181 g/mol. The molecule has 1 N–H and O–H groups in total. The lowest BCUT2D eigenvalue weighted by Gasteiger charge is -2.00. The fraction of sp³-hybridized carbons (Fsp3) is 0.143. The molecule has 68 valence electrons. The number of anilines is 1. The smallest absolute Gasteiger partial charge is 0.271 e. The Bertz CT molecular complexity index is 351. The molecular weight excluding hydrogens is 174 g/mol. The van der Waals surface area contributed by atoms with Gasteiger partial charge in [0.1, 0.15) is 5.69 Å². The molecule has 0 aliphatic rings. The molecule has 0 heterocycles. The number of nitrogens with one attached hydrogen (secondary N) is 1. The van der Waals surface area contributed by atoms with E-state index in [1.54, 1.807) is 7.05 Å². The van der Waals surface area contributed by atoms with Crippen LogP contribution in [0, 0.1) is 15.0 Å². The van der Waals surface area contributed by atoms with Gasteiger partial charge in [-0.1, -0.05) is 0 Å². The van der Waals surface area contributed by atoms with Crippen molar-refractivity contribution >= 4 is 17.1 Å². The van der Waals surface area contributed by atoms with Crippen LogP contribution >= 0.6 is 0 Å². The van der Waals surface area contributed by atoms with Crippen LogP contribution in [-0.2, 0) is 0 Å². The van der Waals surface area contributed by atoms with Crippen LogP contribution in [0.5, 0.6) is 0 Å². The lowest BCUT2D eigenvalue weighted by Crippen LogP contribution is -1.91. The molecule has 0 fully saturated rings. The molecule has 6 nitrogen and oxygen atoms in total. The second-order valence-electron chi connectivity index (χ2n) is 2.30. The molecule has 0 unspecified atom stereocenters. The van der Waals surface area contributed by atoms with Crippen molar-refractivity contribution < 1.29 is 4.92 Å². The third-order valence-corrected chi connectivity index (χ3v) is 1.56. The number of non-ortho nitro benzene ring substituents is 1. The third-order valence-electron chi connectivity index (χ3n) is 1.56. The zero-order valence-electron chi connectivity index (χ0n) is 6.85. The van der Waals surface area contributed by atoms with Crippen LogP contribution in [0.25, 0.3) is 0 Å². The number of benzene rings is 1. The number of hydrogen-bond acceptors (Lipinski definition) is 5. The maximum atomic E-state index is 10.3. The van der Waals surface area contributed by atoms with Gasteiger partial charge in [0.2, 0.25) is 0 Å². The Balaban J connectivity index is 3.20. The normalized spacial score (nSPS) is 9.31. The summed E-state index contributed by atoms with van der Waals surface area (Å²) in [5.41, 5.74) is 0.367. The molecule has 6 heteroatoms. The molecule has 1 aromatic carbocycles. The summed E-state index contributed by atoms with van der Waals surface area (Å²) < 4.78 is 0. The molecule has 0 spiro atoms. The number of nitrogens with zero attached hydrogens (tertiary/aromatic N) is 2. The fourth-order valence-corrected chi connectivity index (χ4v) is 0.921. The van der Waals surface area contributed by atoms with Crippen molar-refractivity contribution in [1.82, 2.24) is 0 Å². The molecule has 0 atom stereocenters. The largest absolute Gasteiger partial charge is 0.386 e. The van der Waals surface area contributed by atoms with Gasteiger partial charge in [0.05, 0.1) is 10.6 Å². The third kappa shape index (κ3) is 1.78. The summed E-state index contributed by atoms with van der Waals surface area (Å²) in [5.74, 6) is 0. The maximum absolute atomic E-state index is 10.3. The molecular formula is C7H7N3O3. The number of nitro groups is 1. The van der Waals surface area contributed by atoms with Gasteiger partial charge in [-0.05, 0) is 11.2 Å². The first-order chi connectivity index (χ1) is 6.19. The molecule has 0 amide bonds. The first-order valence-electron chi connectivity index (χ1n) is 3.48. The van der Waals surface area contributed by atoms with E-state index in [0.29, 0.717) is 5.69 Å². The van der Waals surface area contributed by atoms with Gasteiger partial charge in [-0.25, -0.2) is 0 Å². The van der Waals surface area contributed by atoms with Crippen LogP contribution < -0.4 is 5.32 Å². The van der Waals surface area contributed by atoms with E-state index in [-0.39, 0.29) is 11.4 Å². The summed E-state index contributed by atoms with van der Waals surface area (Å²) in [6.07, 6.45) is 0. The van der Waals surface area contributed by atoms with Crippen molar-refractivity contribution in [3.8, 4) is 0 Å². The number of nitro benzene ring substituents is 1. The Morgan fingerprint density at radius 3 is 2.69 bits per heavy atom. The lowest BCUT2D eigenvalue weighted by molar-refractivity contribution is -0.384. The minimum Gasteiger partial charge on any atom is -0.386 e. The second kappa shape index (κ2) is 3.61. The van der Waals surface area contributed by atoms with Crippen LogP contribution in [0.15, 0.2) is 23.4 Å². The van der Waals surface area contributed by atoms with Crippen molar-refractivity contribution in [2.75, 3.05) is 12.4 Å². The number of hydrogen-bond donors (Lipinski definition) is 1. The number of rotatable bonds is 3. The van der Waals surface area contributed by atoms with E-state index in [2.05, 4.69) is 10.5 Å². The molecule has 0 aliphatic carbocycles. The van der Waals surface area contributed by atoms with Crippen LogP contribution in [0.2, 0.25) is 0 Å². The zero-order chi connectivity index (χ0) is 9.84. The zero-order valence-corrected chi connectivity index (χ0v) is 6.85. The van der Waals surface area contributed by atoms with Crippen LogP contribution in [0.4, 0.5) is 17.1 Å². The topological polar surface area (TPSA) is 84.6 Å². The van der Waals surface area contributed by atoms with Crippen LogP contribution in [-0.4, -0.2) is 12.0 Å². The van der Waals surface area contributed by atoms with Gasteiger partial charge >= 0.3 is 0 Å². The van der Waals surface area contributed by atoms with Crippen molar-refractivity contribution in [3.05, 3.63) is 33.2 Å². The van der Waals surface area contributed by atoms with E-state index in [9.17, 15) is 15.0 Å². The molecule has 0 radical (unpaired) electrons. The summed E-state index contributed by atoms with van der Waals surface area (Å²) in [6.45, 7) is 0. The maximum Gasteiger partial charge on any atom is 0.271 e. The molecule has 13 heavy (non-hydrogen) atoms. The predicted molar refractivity (Wildman–Crippen MR) is 48.1 cm³/mol. The number of nitroso groups, excluding NO2 is 1. The van der Waals surface area contributed by atoms with E-state index in [0.717, 1.165) is 6.07 Å². The highest BCUT2D eigenvalue weighted by Crippen LogP contribution is 2.28. The van der Waals surface area contributed by atoms with E-state index in [1.807, 2.05) is 0 Å². The van der Waals surface area contributed by atoms with E-state index in [1.165, 1.54) is 12.1 Å². The van der Waals surface area contributed by atoms with E-state index < -0.39 is 4.92 Å². The Morgan fingerprint density at radius 1 is 1.54 bits per heavy atom. The summed E-state index contributed by atoms with van der Waals surface area (Å²) >= 11 is 0. The second-order valence-corrected chi connectivity index (χ2v) is 2.30. The minimum atomic E-state index is -0.575. The highest BCUT2D eigenvalue weighted by atomic mass is 16.6. The first-order valence-corrected chi connectivity index (χ1v) is 3.48. The van der Waals surface area contributed by atoms with Crippen molar-refractivity contribution in [2.45, 2.75) is 0 Å². The highest BCUT2D eigenvalue weighted by Gasteiger charge is 2.09. The lowest BCUT2D eigenvalue weighted by atomic mass is 10.2. The van der Waals surface area contributed by atoms with Crippen molar-refractivity contribution in [1.29, 1.82) is 0 Å². The first kappa shape index (κ1) is 9.11. The van der Waals surface area contributed by atoms with Gasteiger partial charge < -0.3 is 5.32 Å². The van der Waals surface area contributed by atoms with Gasteiger partial charge in [-0.3, -0.25) is 10.1 Å². The molecule has 0 aliphatic heterocycles. The van der Waals surface area contributed by atoms with Gasteiger partial charge in [-0.15, -0.1) is 4.91 Å². The van der Waals surface area contributed by atoms with Gasteiger partial charge in [0.15, 0.2) is 0 Å². The average molecular weight is 181 g/mol. The Labute approximate surface area is 73.7 Å². The highest BCUT2D eigenvalue weighted by molar-refractivity contribution is 5.68. The Morgan fingerprint density at radius 2 is 2.23 bits per heavy atom. The molecule has 0 saturated heterocycles. The standard InChI is InChI=1S/C7H7N3O3/c1-8-6-3-2-5(10(12)13)4-7(6)9-11/h2-4,8H,1H3. The van der Waals surface area contributed by atoms with Crippen LogP contribution in [0.3, 0.4) is 0 Å². The average Bonchev–Trinajstić information content (AvgIpc) is 2.16. The molecule has 0 bridgehead atoms. The van der Waals surface area contributed by atoms with E-state index >= 15 is 0 Å². The van der Waals surface area contributed by atoms with Gasteiger partial charge in [-0.2, -0.15) is 0 Å². The van der Waals surface area contributed by atoms with E-state index in [4.69, 9.17) is 0 Å².